The minimum atomic E-state index is -0.423. The van der Waals surface area contributed by atoms with Gasteiger partial charge < -0.3 is 4.74 Å². The lowest BCUT2D eigenvalue weighted by atomic mass is 9.96. The quantitative estimate of drug-likeness (QED) is 0.119. The molecule has 0 amide bonds. The van der Waals surface area contributed by atoms with Crippen LogP contribution in [0.25, 0.3) is 27.6 Å². The van der Waals surface area contributed by atoms with Crippen LogP contribution in [0, 0.1) is 10.1 Å². The Labute approximate surface area is 179 Å². The zero-order chi connectivity index (χ0) is 21.6. The third-order valence-electron chi connectivity index (χ3n) is 5.18. The molecule has 4 aromatic rings. The summed E-state index contributed by atoms with van der Waals surface area (Å²) in [6.07, 6.45) is 2.21. The van der Waals surface area contributed by atoms with Crippen LogP contribution in [0.2, 0.25) is 0 Å². The summed E-state index contributed by atoms with van der Waals surface area (Å²) in [4.78, 5) is 23.3. The highest BCUT2D eigenvalue weighted by Gasteiger charge is 2.14. The number of fused-ring (bicyclic) bond motifs is 3. The van der Waals surface area contributed by atoms with Crippen LogP contribution in [0.3, 0.4) is 0 Å². The molecule has 4 rings (SSSR count). The summed E-state index contributed by atoms with van der Waals surface area (Å²) in [5.41, 5.74) is 1.37. The van der Waals surface area contributed by atoms with Crippen molar-refractivity contribution >= 4 is 33.6 Å². The molecule has 0 fully saturated rings. The van der Waals surface area contributed by atoms with Crippen LogP contribution in [0.5, 0.6) is 0 Å². The molecule has 31 heavy (non-hydrogen) atoms. The first kappa shape index (κ1) is 20.3. The molecule has 0 aliphatic rings. The largest absolute Gasteiger partial charge is 0.462 e. The van der Waals surface area contributed by atoms with Crippen LogP contribution in [0.15, 0.2) is 90.6 Å². The average Bonchev–Trinajstić information content (AvgIpc) is 2.81. The molecule has 0 saturated carbocycles. The number of nitrogens with zero attached hydrogens (tertiary/aromatic N) is 1. The van der Waals surface area contributed by atoms with Crippen molar-refractivity contribution in [2.45, 2.75) is 12.8 Å². The monoisotopic (exact) mass is 411 g/mol. The molecule has 0 aliphatic carbocycles. The van der Waals surface area contributed by atoms with Gasteiger partial charge in [0.15, 0.2) is 0 Å². The summed E-state index contributed by atoms with van der Waals surface area (Å²) >= 11 is 0. The van der Waals surface area contributed by atoms with Crippen molar-refractivity contribution in [1.29, 1.82) is 0 Å². The van der Waals surface area contributed by atoms with Gasteiger partial charge in [0.25, 0.3) is 0 Å². The molecule has 0 atom stereocenters. The van der Waals surface area contributed by atoms with E-state index in [4.69, 9.17) is 4.74 Å². The van der Waals surface area contributed by atoms with Gasteiger partial charge in [0, 0.05) is 12.5 Å². The molecular weight excluding hydrogens is 390 g/mol. The summed E-state index contributed by atoms with van der Waals surface area (Å²) in [5, 5.41) is 15.9. The molecule has 4 aromatic carbocycles. The van der Waals surface area contributed by atoms with Gasteiger partial charge >= 0.3 is 5.97 Å². The van der Waals surface area contributed by atoms with Gasteiger partial charge in [-0.05, 0) is 51.7 Å². The van der Waals surface area contributed by atoms with Gasteiger partial charge in [-0.1, -0.05) is 66.7 Å². The second-order valence-corrected chi connectivity index (χ2v) is 7.23. The number of rotatable bonds is 7. The standard InChI is InChI=1S/C26H21NO4/c28-26(19-9-2-1-3-10-19)31-16-8-12-22(27(29)30)18-21-17-20-11-4-5-13-23(20)25-15-7-6-14-24(21)25/h1-7,9-11,13-15,17-18H,8,12,16H2/b22-18-. The molecule has 0 aromatic heterocycles. The Kier molecular flexibility index (Phi) is 6.03. The van der Waals surface area contributed by atoms with Crippen molar-refractivity contribution < 1.29 is 14.5 Å². The van der Waals surface area contributed by atoms with Crippen LogP contribution < -0.4 is 0 Å². The van der Waals surface area contributed by atoms with E-state index in [2.05, 4.69) is 6.07 Å². The van der Waals surface area contributed by atoms with Gasteiger partial charge in [-0.15, -0.1) is 0 Å². The number of ether oxygens (including phenoxy) is 1. The van der Waals surface area contributed by atoms with Gasteiger partial charge in [-0.3, -0.25) is 10.1 Å². The zero-order valence-electron chi connectivity index (χ0n) is 16.9. The van der Waals surface area contributed by atoms with E-state index in [1.807, 2.05) is 54.6 Å². The van der Waals surface area contributed by atoms with Crippen molar-refractivity contribution in [3.8, 4) is 0 Å². The van der Waals surface area contributed by atoms with Crippen molar-refractivity contribution in [3.63, 3.8) is 0 Å². The summed E-state index contributed by atoms with van der Waals surface area (Å²) in [7, 11) is 0. The lowest BCUT2D eigenvalue weighted by molar-refractivity contribution is -0.426. The number of carbonyl (C=O) groups excluding carboxylic acids is 1. The van der Waals surface area contributed by atoms with Crippen molar-refractivity contribution in [2.24, 2.45) is 0 Å². The van der Waals surface area contributed by atoms with E-state index >= 15 is 0 Å². The third-order valence-corrected chi connectivity index (χ3v) is 5.18. The van der Waals surface area contributed by atoms with Crippen LogP contribution in [0.1, 0.15) is 28.8 Å². The predicted molar refractivity (Wildman–Crippen MR) is 122 cm³/mol. The fraction of sp³-hybridized carbons (Fsp3) is 0.115. The fourth-order valence-electron chi connectivity index (χ4n) is 3.67. The second-order valence-electron chi connectivity index (χ2n) is 7.23. The Hall–Kier alpha value is -3.99. The SMILES string of the molecule is O=C(OCCC/C(=C/c1cc2ccccc2c2ccccc12)[N+](=O)[O-])c1ccccc1. The molecule has 0 bridgehead atoms. The van der Waals surface area contributed by atoms with Crippen LogP contribution in [-0.4, -0.2) is 17.5 Å². The Morgan fingerprint density at radius 3 is 2.26 bits per heavy atom. The average molecular weight is 411 g/mol. The minimum Gasteiger partial charge on any atom is -0.462 e. The lowest BCUT2D eigenvalue weighted by Gasteiger charge is -2.08. The molecule has 0 spiro atoms. The zero-order valence-corrected chi connectivity index (χ0v) is 16.9. The van der Waals surface area contributed by atoms with E-state index in [0.29, 0.717) is 12.0 Å². The highest BCUT2D eigenvalue weighted by molar-refractivity contribution is 6.10. The molecule has 5 heteroatoms. The van der Waals surface area contributed by atoms with Gasteiger partial charge in [0.05, 0.1) is 17.1 Å². The first-order chi connectivity index (χ1) is 15.1. The molecule has 0 unspecified atom stereocenters. The highest BCUT2D eigenvalue weighted by Crippen LogP contribution is 2.30. The van der Waals surface area contributed by atoms with E-state index in [1.165, 1.54) is 0 Å². The summed E-state index contributed by atoms with van der Waals surface area (Å²) < 4.78 is 5.25. The minimum absolute atomic E-state index is 0.0937. The maximum Gasteiger partial charge on any atom is 0.338 e. The molecule has 0 aliphatic heterocycles. The number of allylic oxidation sites excluding steroid dienone is 1. The molecular formula is C26H21NO4. The van der Waals surface area contributed by atoms with E-state index in [0.717, 1.165) is 27.1 Å². The molecule has 0 N–H and O–H groups in total. The number of benzene rings is 4. The first-order valence-corrected chi connectivity index (χ1v) is 10.1. The van der Waals surface area contributed by atoms with E-state index in [-0.39, 0.29) is 23.6 Å². The third kappa shape index (κ3) is 4.61. The van der Waals surface area contributed by atoms with Gasteiger partial charge in [0.2, 0.25) is 5.70 Å². The van der Waals surface area contributed by atoms with Gasteiger partial charge in [0.1, 0.15) is 0 Å². The van der Waals surface area contributed by atoms with Crippen LogP contribution >= 0.6 is 0 Å². The smallest absolute Gasteiger partial charge is 0.338 e. The first-order valence-electron chi connectivity index (χ1n) is 10.1. The molecule has 0 saturated heterocycles. The molecule has 5 nitrogen and oxygen atoms in total. The molecule has 154 valence electrons. The van der Waals surface area contributed by atoms with Crippen LogP contribution in [0.4, 0.5) is 0 Å². The highest BCUT2D eigenvalue weighted by atomic mass is 16.6. The number of esters is 1. The van der Waals surface area contributed by atoms with Crippen molar-refractivity contribution in [2.75, 3.05) is 6.61 Å². The van der Waals surface area contributed by atoms with E-state index < -0.39 is 5.97 Å². The summed E-state index contributed by atoms with van der Waals surface area (Å²) in [6.45, 7) is 0.122. The maximum atomic E-state index is 12.0. The van der Waals surface area contributed by atoms with Gasteiger partial charge in [-0.2, -0.15) is 0 Å². The second kappa shape index (κ2) is 9.22. The van der Waals surface area contributed by atoms with E-state index in [1.54, 1.807) is 30.3 Å². The predicted octanol–water partition coefficient (Wildman–Crippen LogP) is 6.25. The normalized spacial score (nSPS) is 11.5. The Morgan fingerprint density at radius 1 is 0.871 bits per heavy atom. The lowest BCUT2D eigenvalue weighted by Crippen LogP contribution is -2.07. The number of nitro groups is 1. The Bertz CT molecular complexity index is 1280. The van der Waals surface area contributed by atoms with Crippen molar-refractivity contribution in [1.82, 2.24) is 0 Å². The molecule has 0 heterocycles. The topological polar surface area (TPSA) is 69.4 Å². The number of carbonyl (C=O) groups is 1. The fourth-order valence-corrected chi connectivity index (χ4v) is 3.67. The Morgan fingerprint density at radius 2 is 1.52 bits per heavy atom. The number of hydrogen-bond acceptors (Lipinski definition) is 4. The molecule has 0 radical (unpaired) electrons. The number of hydrogen-bond donors (Lipinski definition) is 0. The van der Waals surface area contributed by atoms with Crippen LogP contribution in [-0.2, 0) is 4.74 Å². The maximum absolute atomic E-state index is 12.0. The van der Waals surface area contributed by atoms with E-state index in [9.17, 15) is 14.9 Å². The Balaban J connectivity index is 1.54. The van der Waals surface area contributed by atoms with Crippen molar-refractivity contribution in [3.05, 3.63) is 112 Å². The summed E-state index contributed by atoms with van der Waals surface area (Å²) in [5.74, 6) is -0.423. The van der Waals surface area contributed by atoms with Gasteiger partial charge in [-0.25, -0.2) is 4.79 Å². The summed E-state index contributed by atoms with van der Waals surface area (Å²) in [6, 6.07) is 26.6.